The van der Waals surface area contributed by atoms with E-state index in [9.17, 15) is 9.59 Å². The first kappa shape index (κ1) is 18.0. The minimum atomic E-state index is -0.818. The van der Waals surface area contributed by atoms with E-state index in [1.165, 1.54) is 6.92 Å². The van der Waals surface area contributed by atoms with Gasteiger partial charge in [-0.2, -0.15) is 5.26 Å². The van der Waals surface area contributed by atoms with E-state index < -0.39 is 17.9 Å². The summed E-state index contributed by atoms with van der Waals surface area (Å²) in [5.41, 5.74) is 1.06. The van der Waals surface area contributed by atoms with Gasteiger partial charge in [-0.25, -0.2) is 4.79 Å². The fourth-order valence-electron chi connectivity index (χ4n) is 2.04. The average Bonchev–Trinajstić information content (AvgIpc) is 2.65. The number of para-hydroxylation sites is 1. The van der Waals surface area contributed by atoms with Crippen LogP contribution in [0.2, 0.25) is 0 Å². The van der Waals surface area contributed by atoms with Gasteiger partial charge in [-0.05, 0) is 25.1 Å². The predicted octanol–water partition coefficient (Wildman–Crippen LogP) is 2.19. The SMILES string of the molecule is C[C@H](NC(=O)COc1ccccc1)C(=O)OCc1ccccc1C#N. The van der Waals surface area contributed by atoms with Crippen molar-refractivity contribution in [2.75, 3.05) is 6.61 Å². The summed E-state index contributed by atoms with van der Waals surface area (Å²) in [5, 5.41) is 11.5. The van der Waals surface area contributed by atoms with Gasteiger partial charge in [0.2, 0.25) is 0 Å². The Hall–Kier alpha value is -3.33. The van der Waals surface area contributed by atoms with Crippen molar-refractivity contribution < 1.29 is 19.1 Å². The zero-order chi connectivity index (χ0) is 18.1. The molecule has 0 aromatic heterocycles. The number of carbonyl (C=O) groups is 2. The average molecular weight is 338 g/mol. The van der Waals surface area contributed by atoms with Crippen LogP contribution in [-0.2, 0) is 20.9 Å². The largest absolute Gasteiger partial charge is 0.484 e. The van der Waals surface area contributed by atoms with E-state index in [0.717, 1.165) is 0 Å². The van der Waals surface area contributed by atoms with Crippen LogP contribution >= 0.6 is 0 Å². The molecule has 1 amide bonds. The minimum absolute atomic E-state index is 0.0245. The molecule has 2 aromatic rings. The standard InChI is InChI=1S/C19H18N2O4/c1-14(21-18(22)13-24-17-9-3-2-4-10-17)19(23)25-12-16-8-6-5-7-15(16)11-20/h2-10,14H,12-13H2,1H3,(H,21,22)/t14-/m0/s1. The number of carbonyl (C=O) groups excluding carboxylic acids is 2. The number of nitriles is 1. The van der Waals surface area contributed by atoms with Crippen LogP contribution in [0.5, 0.6) is 5.75 Å². The van der Waals surface area contributed by atoms with Crippen LogP contribution < -0.4 is 10.1 Å². The molecule has 1 N–H and O–H groups in total. The molecule has 0 radical (unpaired) electrons. The van der Waals surface area contributed by atoms with Crippen molar-refractivity contribution in [2.24, 2.45) is 0 Å². The Kier molecular flexibility index (Phi) is 6.55. The number of ether oxygens (including phenoxy) is 2. The highest BCUT2D eigenvalue weighted by Crippen LogP contribution is 2.09. The minimum Gasteiger partial charge on any atom is -0.484 e. The van der Waals surface area contributed by atoms with Crippen LogP contribution in [0.25, 0.3) is 0 Å². The lowest BCUT2D eigenvalue weighted by Gasteiger charge is -2.14. The highest BCUT2D eigenvalue weighted by atomic mass is 16.5. The Morgan fingerprint density at radius 1 is 1.12 bits per heavy atom. The van der Waals surface area contributed by atoms with E-state index in [2.05, 4.69) is 5.32 Å². The molecule has 6 nitrogen and oxygen atoms in total. The zero-order valence-electron chi connectivity index (χ0n) is 13.8. The third-order valence-corrected chi connectivity index (χ3v) is 3.35. The van der Waals surface area contributed by atoms with E-state index in [1.807, 2.05) is 12.1 Å². The lowest BCUT2D eigenvalue weighted by Crippen LogP contribution is -2.41. The van der Waals surface area contributed by atoms with Gasteiger partial charge in [-0.1, -0.05) is 36.4 Å². The summed E-state index contributed by atoms with van der Waals surface area (Å²) in [5.74, 6) is -0.437. The number of esters is 1. The van der Waals surface area contributed by atoms with Crippen LogP contribution in [0.15, 0.2) is 54.6 Å². The molecule has 0 aliphatic carbocycles. The Morgan fingerprint density at radius 3 is 2.52 bits per heavy atom. The van der Waals surface area contributed by atoms with E-state index in [-0.39, 0.29) is 13.2 Å². The van der Waals surface area contributed by atoms with Crippen LogP contribution in [0.4, 0.5) is 0 Å². The van der Waals surface area contributed by atoms with Crippen LogP contribution in [-0.4, -0.2) is 24.5 Å². The second-order valence-electron chi connectivity index (χ2n) is 5.27. The Bertz CT molecular complexity index is 768. The summed E-state index contributed by atoms with van der Waals surface area (Å²) >= 11 is 0. The van der Waals surface area contributed by atoms with E-state index in [0.29, 0.717) is 16.9 Å². The molecule has 0 unspecified atom stereocenters. The third-order valence-electron chi connectivity index (χ3n) is 3.35. The zero-order valence-corrected chi connectivity index (χ0v) is 13.8. The fourth-order valence-corrected chi connectivity index (χ4v) is 2.04. The molecule has 0 heterocycles. The molecule has 0 spiro atoms. The van der Waals surface area contributed by atoms with Crippen molar-refractivity contribution >= 4 is 11.9 Å². The number of rotatable bonds is 7. The summed E-state index contributed by atoms with van der Waals surface area (Å²) in [6.45, 7) is 1.31. The van der Waals surface area contributed by atoms with Crippen LogP contribution in [0.1, 0.15) is 18.1 Å². The van der Waals surface area contributed by atoms with Crippen molar-refractivity contribution in [3.8, 4) is 11.8 Å². The van der Waals surface area contributed by atoms with Gasteiger partial charge in [0.15, 0.2) is 6.61 Å². The predicted molar refractivity (Wildman–Crippen MR) is 90.5 cm³/mol. The van der Waals surface area contributed by atoms with Gasteiger partial charge in [-0.15, -0.1) is 0 Å². The Morgan fingerprint density at radius 2 is 1.80 bits per heavy atom. The molecular weight excluding hydrogens is 320 g/mol. The second-order valence-corrected chi connectivity index (χ2v) is 5.27. The van der Waals surface area contributed by atoms with E-state index in [4.69, 9.17) is 14.7 Å². The third kappa shape index (κ3) is 5.66. The van der Waals surface area contributed by atoms with Gasteiger partial charge in [0.1, 0.15) is 18.4 Å². The smallest absolute Gasteiger partial charge is 0.328 e. The van der Waals surface area contributed by atoms with Crippen molar-refractivity contribution in [2.45, 2.75) is 19.6 Å². The maximum atomic E-state index is 12.0. The molecule has 25 heavy (non-hydrogen) atoms. The molecule has 0 aliphatic rings. The van der Waals surface area contributed by atoms with Crippen LogP contribution in [0, 0.1) is 11.3 Å². The summed E-state index contributed by atoms with van der Waals surface area (Å²) in [7, 11) is 0. The highest BCUT2D eigenvalue weighted by Gasteiger charge is 2.18. The molecule has 1 atom stereocenters. The van der Waals surface area contributed by atoms with Gasteiger partial charge in [0.25, 0.3) is 5.91 Å². The molecule has 0 bridgehead atoms. The number of amides is 1. The molecule has 0 fully saturated rings. The van der Waals surface area contributed by atoms with Gasteiger partial charge >= 0.3 is 5.97 Å². The lowest BCUT2D eigenvalue weighted by atomic mass is 10.1. The topological polar surface area (TPSA) is 88.4 Å². The molecule has 6 heteroatoms. The number of hydrogen-bond donors (Lipinski definition) is 1. The number of nitrogens with one attached hydrogen (secondary N) is 1. The fraction of sp³-hybridized carbons (Fsp3) is 0.211. The second kappa shape index (κ2) is 9.08. The molecule has 0 saturated carbocycles. The van der Waals surface area contributed by atoms with Crippen molar-refractivity contribution in [1.82, 2.24) is 5.32 Å². The lowest BCUT2D eigenvalue weighted by molar-refractivity contribution is -0.148. The highest BCUT2D eigenvalue weighted by molar-refractivity contribution is 5.84. The van der Waals surface area contributed by atoms with Gasteiger partial charge < -0.3 is 14.8 Å². The van der Waals surface area contributed by atoms with Crippen molar-refractivity contribution in [3.63, 3.8) is 0 Å². The molecule has 128 valence electrons. The molecule has 2 rings (SSSR count). The molecule has 2 aromatic carbocycles. The summed E-state index contributed by atoms with van der Waals surface area (Å²) < 4.78 is 10.5. The maximum Gasteiger partial charge on any atom is 0.328 e. The number of nitrogens with zero attached hydrogens (tertiary/aromatic N) is 1. The Labute approximate surface area is 146 Å². The monoisotopic (exact) mass is 338 g/mol. The molecule has 0 saturated heterocycles. The van der Waals surface area contributed by atoms with E-state index in [1.54, 1.807) is 48.5 Å². The summed E-state index contributed by atoms with van der Waals surface area (Å²) in [4.78, 5) is 23.8. The van der Waals surface area contributed by atoms with Gasteiger partial charge in [-0.3, -0.25) is 4.79 Å². The quantitative estimate of drug-likeness (QED) is 0.782. The molecule has 0 aliphatic heterocycles. The van der Waals surface area contributed by atoms with Gasteiger partial charge in [0, 0.05) is 5.56 Å². The van der Waals surface area contributed by atoms with Crippen LogP contribution in [0.3, 0.4) is 0 Å². The Balaban J connectivity index is 1.78. The summed E-state index contributed by atoms with van der Waals surface area (Å²) in [6, 6.07) is 17.0. The first-order chi connectivity index (χ1) is 12.1. The number of hydrogen-bond acceptors (Lipinski definition) is 5. The number of benzene rings is 2. The van der Waals surface area contributed by atoms with E-state index >= 15 is 0 Å². The maximum absolute atomic E-state index is 12.0. The first-order valence-corrected chi connectivity index (χ1v) is 7.72. The summed E-state index contributed by atoms with van der Waals surface area (Å²) in [6.07, 6.45) is 0. The van der Waals surface area contributed by atoms with Crippen molar-refractivity contribution in [1.29, 1.82) is 5.26 Å². The van der Waals surface area contributed by atoms with Gasteiger partial charge in [0.05, 0.1) is 11.6 Å². The normalized spacial score (nSPS) is 11.0. The molecular formula is C19H18N2O4. The first-order valence-electron chi connectivity index (χ1n) is 7.72. The van der Waals surface area contributed by atoms with Crippen molar-refractivity contribution in [3.05, 3.63) is 65.7 Å².